The number of fused-ring (bicyclic) bond motifs is 1. The standard InChI is InChI=1S/C39H34O2/c1-3-29-6-14-35-27-33(7-15-34(35)26-29)25-32-12-22-39(23-13-32)41-38-20-10-31(11-21-38)24-30-8-18-37(19-9-30)40-36-16-4-28(2)5-17-36/h4-23,26-27H,3,24-25H2,1-2H3. The molecule has 6 rings (SSSR count). The Balaban J connectivity index is 1.03. The summed E-state index contributed by atoms with van der Waals surface area (Å²) in [4.78, 5) is 0. The molecular weight excluding hydrogens is 500 g/mol. The van der Waals surface area contributed by atoms with Crippen LogP contribution in [0.1, 0.15) is 40.3 Å². The largest absolute Gasteiger partial charge is 0.457 e. The first-order valence-electron chi connectivity index (χ1n) is 14.3. The monoisotopic (exact) mass is 534 g/mol. The molecule has 6 aromatic rings. The lowest BCUT2D eigenvalue weighted by atomic mass is 9.99. The Morgan fingerprint density at radius 3 is 1.17 bits per heavy atom. The lowest BCUT2D eigenvalue weighted by Crippen LogP contribution is -1.91. The first kappa shape index (κ1) is 26.4. The van der Waals surface area contributed by atoms with Gasteiger partial charge in [-0.1, -0.05) is 97.4 Å². The highest BCUT2D eigenvalue weighted by Crippen LogP contribution is 2.26. The molecule has 0 heterocycles. The van der Waals surface area contributed by atoms with Crippen LogP contribution in [-0.2, 0) is 19.3 Å². The van der Waals surface area contributed by atoms with Crippen molar-refractivity contribution in [3.05, 3.63) is 167 Å². The third-order valence-corrected chi connectivity index (χ3v) is 7.46. The van der Waals surface area contributed by atoms with Gasteiger partial charge in [-0.05, 0) is 113 Å². The molecule has 0 N–H and O–H groups in total. The van der Waals surface area contributed by atoms with Gasteiger partial charge in [-0.25, -0.2) is 0 Å². The highest BCUT2D eigenvalue weighted by Gasteiger charge is 2.04. The summed E-state index contributed by atoms with van der Waals surface area (Å²) in [5.41, 5.74) is 7.67. The third kappa shape index (κ3) is 6.85. The molecule has 202 valence electrons. The number of aryl methyl sites for hydroxylation is 2. The SMILES string of the molecule is CCc1ccc2cc(Cc3ccc(Oc4ccc(Cc5ccc(Oc6ccc(C)cc6)cc5)cc4)cc3)ccc2c1. The lowest BCUT2D eigenvalue weighted by molar-refractivity contribution is 0.482. The van der Waals surface area contributed by atoms with Crippen LogP contribution in [0.4, 0.5) is 0 Å². The second kappa shape index (κ2) is 12.1. The number of benzene rings is 6. The van der Waals surface area contributed by atoms with Gasteiger partial charge in [-0.2, -0.15) is 0 Å². The maximum absolute atomic E-state index is 6.13. The van der Waals surface area contributed by atoms with E-state index >= 15 is 0 Å². The van der Waals surface area contributed by atoms with E-state index in [2.05, 4.69) is 111 Å². The fraction of sp³-hybridized carbons (Fsp3) is 0.128. The van der Waals surface area contributed by atoms with Crippen molar-refractivity contribution in [1.82, 2.24) is 0 Å². The van der Waals surface area contributed by atoms with E-state index in [0.29, 0.717) is 0 Å². The van der Waals surface area contributed by atoms with Crippen molar-refractivity contribution in [2.24, 2.45) is 0 Å². The summed E-state index contributed by atoms with van der Waals surface area (Å²) in [5.74, 6) is 3.37. The van der Waals surface area contributed by atoms with Gasteiger partial charge >= 0.3 is 0 Å². The smallest absolute Gasteiger partial charge is 0.127 e. The molecule has 0 bridgehead atoms. The number of hydrogen-bond donors (Lipinski definition) is 0. The van der Waals surface area contributed by atoms with Gasteiger partial charge in [-0.3, -0.25) is 0 Å². The molecule has 0 amide bonds. The Hall–Kier alpha value is -4.82. The van der Waals surface area contributed by atoms with Gasteiger partial charge in [-0.15, -0.1) is 0 Å². The second-order valence-electron chi connectivity index (χ2n) is 10.7. The molecule has 0 radical (unpaired) electrons. The van der Waals surface area contributed by atoms with Crippen molar-refractivity contribution < 1.29 is 9.47 Å². The Labute approximate surface area is 242 Å². The Bertz CT molecular complexity index is 1730. The molecule has 0 aliphatic rings. The van der Waals surface area contributed by atoms with Crippen molar-refractivity contribution in [1.29, 1.82) is 0 Å². The maximum Gasteiger partial charge on any atom is 0.127 e. The molecule has 2 heteroatoms. The van der Waals surface area contributed by atoms with Crippen LogP contribution in [-0.4, -0.2) is 0 Å². The van der Waals surface area contributed by atoms with Gasteiger partial charge in [0.1, 0.15) is 23.0 Å². The van der Waals surface area contributed by atoms with Crippen LogP contribution in [0.15, 0.2) is 133 Å². The van der Waals surface area contributed by atoms with Crippen LogP contribution in [0.25, 0.3) is 10.8 Å². The molecule has 0 aliphatic heterocycles. The fourth-order valence-electron chi connectivity index (χ4n) is 5.05. The Kier molecular flexibility index (Phi) is 7.82. The average molecular weight is 535 g/mol. The molecule has 0 aliphatic carbocycles. The molecule has 6 aromatic carbocycles. The molecule has 0 aromatic heterocycles. The first-order valence-corrected chi connectivity index (χ1v) is 14.3. The highest BCUT2D eigenvalue weighted by atomic mass is 16.5. The predicted molar refractivity (Wildman–Crippen MR) is 170 cm³/mol. The van der Waals surface area contributed by atoms with E-state index in [0.717, 1.165) is 42.3 Å². The van der Waals surface area contributed by atoms with Crippen molar-refractivity contribution in [2.75, 3.05) is 0 Å². The highest BCUT2D eigenvalue weighted by molar-refractivity contribution is 5.84. The van der Waals surface area contributed by atoms with E-state index < -0.39 is 0 Å². The molecule has 0 atom stereocenters. The van der Waals surface area contributed by atoms with Crippen LogP contribution >= 0.6 is 0 Å². The fourth-order valence-corrected chi connectivity index (χ4v) is 5.05. The van der Waals surface area contributed by atoms with Crippen molar-refractivity contribution in [2.45, 2.75) is 33.1 Å². The molecule has 0 unspecified atom stereocenters. The van der Waals surface area contributed by atoms with Crippen LogP contribution in [0, 0.1) is 6.92 Å². The zero-order chi connectivity index (χ0) is 28.0. The number of ether oxygens (including phenoxy) is 2. The van der Waals surface area contributed by atoms with Gasteiger partial charge in [0.15, 0.2) is 0 Å². The van der Waals surface area contributed by atoms with Crippen LogP contribution < -0.4 is 9.47 Å². The van der Waals surface area contributed by atoms with E-state index in [1.54, 1.807) is 0 Å². The van der Waals surface area contributed by atoms with Crippen LogP contribution in [0.5, 0.6) is 23.0 Å². The summed E-state index contributed by atoms with van der Waals surface area (Å²) in [6.45, 7) is 4.27. The van der Waals surface area contributed by atoms with Gasteiger partial charge in [0.25, 0.3) is 0 Å². The molecular formula is C39H34O2. The molecule has 41 heavy (non-hydrogen) atoms. The Morgan fingerprint density at radius 1 is 0.390 bits per heavy atom. The topological polar surface area (TPSA) is 18.5 Å². The summed E-state index contributed by atoms with van der Waals surface area (Å²) in [6, 6.07) is 46.7. The van der Waals surface area contributed by atoms with Crippen molar-refractivity contribution in [3.8, 4) is 23.0 Å². The minimum absolute atomic E-state index is 0.837. The zero-order valence-corrected chi connectivity index (χ0v) is 23.6. The summed E-state index contributed by atoms with van der Waals surface area (Å²) in [5, 5.41) is 2.61. The van der Waals surface area contributed by atoms with E-state index in [-0.39, 0.29) is 0 Å². The third-order valence-electron chi connectivity index (χ3n) is 7.46. The summed E-state index contributed by atoms with van der Waals surface area (Å²) >= 11 is 0. The minimum Gasteiger partial charge on any atom is -0.457 e. The van der Waals surface area contributed by atoms with Crippen LogP contribution in [0.2, 0.25) is 0 Å². The number of hydrogen-bond acceptors (Lipinski definition) is 2. The Morgan fingerprint density at radius 2 is 0.732 bits per heavy atom. The summed E-state index contributed by atoms with van der Waals surface area (Å²) < 4.78 is 12.1. The zero-order valence-electron chi connectivity index (χ0n) is 23.6. The van der Waals surface area contributed by atoms with Gasteiger partial charge < -0.3 is 9.47 Å². The molecule has 0 saturated carbocycles. The van der Waals surface area contributed by atoms with E-state index in [1.165, 1.54) is 44.2 Å². The second-order valence-corrected chi connectivity index (χ2v) is 10.7. The molecule has 0 spiro atoms. The predicted octanol–water partition coefficient (Wildman–Crippen LogP) is 10.5. The quantitative estimate of drug-likeness (QED) is 0.184. The minimum atomic E-state index is 0.837. The molecule has 0 fully saturated rings. The van der Waals surface area contributed by atoms with Gasteiger partial charge in [0, 0.05) is 0 Å². The molecule has 0 saturated heterocycles. The van der Waals surface area contributed by atoms with Crippen molar-refractivity contribution in [3.63, 3.8) is 0 Å². The van der Waals surface area contributed by atoms with E-state index in [9.17, 15) is 0 Å². The summed E-state index contributed by atoms with van der Waals surface area (Å²) in [6.07, 6.45) is 2.82. The summed E-state index contributed by atoms with van der Waals surface area (Å²) in [7, 11) is 0. The van der Waals surface area contributed by atoms with Crippen LogP contribution in [0.3, 0.4) is 0 Å². The maximum atomic E-state index is 6.13. The normalized spacial score (nSPS) is 11.0. The van der Waals surface area contributed by atoms with E-state index in [4.69, 9.17) is 9.47 Å². The number of rotatable bonds is 9. The molecule has 2 nitrogen and oxygen atoms in total. The first-order chi connectivity index (χ1) is 20.1. The van der Waals surface area contributed by atoms with Gasteiger partial charge in [0.05, 0.1) is 0 Å². The van der Waals surface area contributed by atoms with Gasteiger partial charge in [0.2, 0.25) is 0 Å². The average Bonchev–Trinajstić information content (AvgIpc) is 3.01. The van der Waals surface area contributed by atoms with E-state index in [1.807, 2.05) is 36.4 Å². The lowest BCUT2D eigenvalue weighted by Gasteiger charge is -2.10. The van der Waals surface area contributed by atoms with Crippen molar-refractivity contribution >= 4 is 10.8 Å².